The molecule has 1 aliphatic heterocycles. The predicted molar refractivity (Wildman–Crippen MR) is 73.0 cm³/mol. The molecule has 0 aliphatic carbocycles. The van der Waals surface area contributed by atoms with Gasteiger partial charge in [-0.2, -0.15) is 4.98 Å². The van der Waals surface area contributed by atoms with E-state index in [-0.39, 0.29) is 0 Å². The van der Waals surface area contributed by atoms with Crippen LogP contribution in [0.3, 0.4) is 0 Å². The maximum atomic E-state index is 5.98. The van der Waals surface area contributed by atoms with Gasteiger partial charge in [0, 0.05) is 13.1 Å². The Labute approximate surface area is 109 Å². The van der Waals surface area contributed by atoms with Gasteiger partial charge in [-0.25, -0.2) is 4.98 Å². The van der Waals surface area contributed by atoms with Crippen LogP contribution in [0.4, 0.5) is 5.82 Å². The number of fused-ring (bicyclic) bond motifs is 1. The monoisotopic (exact) mass is 267 g/mol. The van der Waals surface area contributed by atoms with Crippen molar-refractivity contribution in [2.45, 2.75) is 19.8 Å². The summed E-state index contributed by atoms with van der Waals surface area (Å²) >= 11 is 7.68. The highest BCUT2D eigenvalue weighted by molar-refractivity contribution is 7.17. The molecule has 2 aromatic rings. The molecule has 1 saturated heterocycles. The van der Waals surface area contributed by atoms with Crippen LogP contribution in [0, 0.1) is 5.92 Å². The van der Waals surface area contributed by atoms with Crippen LogP contribution >= 0.6 is 22.9 Å². The topological polar surface area (TPSA) is 29.0 Å². The van der Waals surface area contributed by atoms with Crippen LogP contribution in [0.2, 0.25) is 5.28 Å². The third-order valence-electron chi connectivity index (χ3n) is 3.34. The third-order valence-corrected chi connectivity index (χ3v) is 4.41. The van der Waals surface area contributed by atoms with Gasteiger partial charge in [-0.15, -0.1) is 11.3 Å². The van der Waals surface area contributed by atoms with Gasteiger partial charge in [-0.05, 0) is 41.8 Å². The first-order valence-electron chi connectivity index (χ1n) is 5.90. The summed E-state index contributed by atoms with van der Waals surface area (Å²) in [6.07, 6.45) is 2.46. The molecule has 3 rings (SSSR count). The number of piperidine rings is 1. The molecule has 17 heavy (non-hydrogen) atoms. The van der Waals surface area contributed by atoms with Crippen molar-refractivity contribution in [3.63, 3.8) is 0 Å². The molecular weight excluding hydrogens is 254 g/mol. The quantitative estimate of drug-likeness (QED) is 0.740. The van der Waals surface area contributed by atoms with Crippen LogP contribution in [-0.2, 0) is 0 Å². The Balaban J connectivity index is 2.01. The molecule has 0 bridgehead atoms. The molecule has 90 valence electrons. The van der Waals surface area contributed by atoms with Gasteiger partial charge in [0.2, 0.25) is 5.28 Å². The SMILES string of the molecule is CC1CCN(c2nc(Cl)nc3ccsc23)CC1. The predicted octanol–water partition coefficient (Wildman–Crippen LogP) is 3.58. The van der Waals surface area contributed by atoms with Crippen molar-refractivity contribution in [2.75, 3.05) is 18.0 Å². The molecule has 0 radical (unpaired) electrons. The second-order valence-corrected chi connectivity index (χ2v) is 5.87. The standard InChI is InChI=1S/C12H14ClN3S/c1-8-2-5-16(6-3-8)11-10-9(4-7-17-10)14-12(13)15-11/h4,7-8H,2-3,5-6H2,1H3. The number of thiophene rings is 1. The molecule has 3 nitrogen and oxygen atoms in total. The summed E-state index contributed by atoms with van der Waals surface area (Å²) in [6, 6.07) is 2.00. The Morgan fingerprint density at radius 1 is 1.35 bits per heavy atom. The zero-order valence-corrected chi connectivity index (χ0v) is 11.3. The summed E-state index contributed by atoms with van der Waals surface area (Å²) in [5.41, 5.74) is 0.962. The van der Waals surface area contributed by atoms with Gasteiger partial charge in [0.25, 0.3) is 0 Å². The number of nitrogens with zero attached hydrogens (tertiary/aromatic N) is 3. The first kappa shape index (κ1) is 11.2. The molecule has 5 heteroatoms. The van der Waals surface area contributed by atoms with Gasteiger partial charge in [-0.3, -0.25) is 0 Å². The van der Waals surface area contributed by atoms with Gasteiger partial charge >= 0.3 is 0 Å². The molecule has 0 atom stereocenters. The van der Waals surface area contributed by atoms with Crippen molar-refractivity contribution in [1.82, 2.24) is 9.97 Å². The minimum Gasteiger partial charge on any atom is -0.355 e. The van der Waals surface area contributed by atoms with E-state index in [0.717, 1.165) is 35.0 Å². The van der Waals surface area contributed by atoms with Crippen molar-refractivity contribution < 1.29 is 0 Å². The van der Waals surface area contributed by atoms with E-state index in [1.54, 1.807) is 11.3 Å². The van der Waals surface area contributed by atoms with Crippen molar-refractivity contribution in [2.24, 2.45) is 5.92 Å². The number of rotatable bonds is 1. The fourth-order valence-corrected chi connectivity index (χ4v) is 3.27. The molecule has 1 aliphatic rings. The fraction of sp³-hybridized carbons (Fsp3) is 0.500. The summed E-state index contributed by atoms with van der Waals surface area (Å²) in [5, 5.41) is 2.40. The zero-order valence-electron chi connectivity index (χ0n) is 9.69. The smallest absolute Gasteiger partial charge is 0.224 e. The van der Waals surface area contributed by atoms with Crippen LogP contribution in [0.1, 0.15) is 19.8 Å². The van der Waals surface area contributed by atoms with Crippen LogP contribution < -0.4 is 4.90 Å². The number of aromatic nitrogens is 2. The van der Waals surface area contributed by atoms with Crippen molar-refractivity contribution >= 4 is 39.0 Å². The lowest BCUT2D eigenvalue weighted by atomic mass is 9.99. The molecule has 0 unspecified atom stereocenters. The average molecular weight is 268 g/mol. The van der Waals surface area contributed by atoms with E-state index in [4.69, 9.17) is 11.6 Å². The lowest BCUT2D eigenvalue weighted by Crippen LogP contribution is -2.33. The molecule has 2 aromatic heterocycles. The Hall–Kier alpha value is -0.870. The van der Waals surface area contributed by atoms with E-state index in [0.29, 0.717) is 5.28 Å². The Morgan fingerprint density at radius 3 is 2.88 bits per heavy atom. The Bertz CT molecular complexity index is 532. The lowest BCUT2D eigenvalue weighted by Gasteiger charge is -2.31. The van der Waals surface area contributed by atoms with Gasteiger partial charge in [0.15, 0.2) is 5.82 Å². The molecule has 0 N–H and O–H groups in total. The molecule has 0 aromatic carbocycles. The summed E-state index contributed by atoms with van der Waals surface area (Å²) in [7, 11) is 0. The average Bonchev–Trinajstić information content (AvgIpc) is 2.77. The molecule has 1 fully saturated rings. The highest BCUT2D eigenvalue weighted by Gasteiger charge is 2.20. The number of halogens is 1. The second kappa shape index (κ2) is 4.42. The molecule has 3 heterocycles. The van der Waals surface area contributed by atoms with Crippen LogP contribution in [0.5, 0.6) is 0 Å². The Kier molecular flexibility index (Phi) is 2.92. The summed E-state index contributed by atoms with van der Waals surface area (Å²) < 4.78 is 1.16. The van der Waals surface area contributed by atoms with E-state index in [1.807, 2.05) is 11.4 Å². The van der Waals surface area contributed by atoms with Gasteiger partial charge in [0.05, 0.1) is 10.2 Å². The highest BCUT2D eigenvalue weighted by atomic mass is 35.5. The third kappa shape index (κ3) is 2.11. The summed E-state index contributed by atoms with van der Waals surface area (Å²) in [5.74, 6) is 1.84. The minimum atomic E-state index is 0.351. The second-order valence-electron chi connectivity index (χ2n) is 4.62. The van der Waals surface area contributed by atoms with Crippen LogP contribution in [0.15, 0.2) is 11.4 Å². The van der Waals surface area contributed by atoms with E-state index < -0.39 is 0 Å². The Morgan fingerprint density at radius 2 is 2.12 bits per heavy atom. The van der Waals surface area contributed by atoms with E-state index in [9.17, 15) is 0 Å². The van der Waals surface area contributed by atoms with Gasteiger partial charge in [-0.1, -0.05) is 6.92 Å². The first-order valence-corrected chi connectivity index (χ1v) is 7.15. The maximum absolute atomic E-state index is 5.98. The number of anilines is 1. The van der Waals surface area contributed by atoms with Crippen LogP contribution in [-0.4, -0.2) is 23.1 Å². The fourth-order valence-electron chi connectivity index (χ4n) is 2.26. The van der Waals surface area contributed by atoms with Gasteiger partial charge in [0.1, 0.15) is 0 Å². The maximum Gasteiger partial charge on any atom is 0.224 e. The molecule has 0 amide bonds. The number of hydrogen-bond acceptors (Lipinski definition) is 4. The first-order chi connectivity index (χ1) is 8.24. The van der Waals surface area contributed by atoms with Crippen LogP contribution in [0.25, 0.3) is 10.2 Å². The van der Waals surface area contributed by atoms with Crippen molar-refractivity contribution in [3.8, 4) is 0 Å². The zero-order chi connectivity index (χ0) is 11.8. The van der Waals surface area contributed by atoms with Gasteiger partial charge < -0.3 is 4.90 Å². The lowest BCUT2D eigenvalue weighted by molar-refractivity contribution is 0.437. The molecule has 0 saturated carbocycles. The largest absolute Gasteiger partial charge is 0.355 e. The summed E-state index contributed by atoms with van der Waals surface area (Å²) in [6.45, 7) is 4.45. The minimum absolute atomic E-state index is 0.351. The summed E-state index contributed by atoms with van der Waals surface area (Å²) in [4.78, 5) is 11.0. The molecule has 0 spiro atoms. The normalized spacial score (nSPS) is 17.9. The molecular formula is C12H14ClN3S. The van der Waals surface area contributed by atoms with E-state index in [1.165, 1.54) is 12.8 Å². The van der Waals surface area contributed by atoms with Crippen molar-refractivity contribution in [3.05, 3.63) is 16.7 Å². The van der Waals surface area contributed by atoms with E-state index >= 15 is 0 Å². The van der Waals surface area contributed by atoms with E-state index in [2.05, 4.69) is 21.8 Å². The number of hydrogen-bond donors (Lipinski definition) is 0. The highest BCUT2D eigenvalue weighted by Crippen LogP contribution is 2.32. The van der Waals surface area contributed by atoms with Crippen molar-refractivity contribution in [1.29, 1.82) is 0 Å².